The van der Waals surface area contributed by atoms with Gasteiger partial charge in [0.25, 0.3) is 5.91 Å². The molecule has 0 bridgehead atoms. The molecule has 0 aliphatic heterocycles. The first-order valence-electron chi connectivity index (χ1n) is 14.4. The first-order chi connectivity index (χ1) is 20.1. The van der Waals surface area contributed by atoms with Crippen LogP contribution in [0.4, 0.5) is 5.69 Å². The Balaban J connectivity index is 1.59. The molecule has 43 heavy (non-hydrogen) atoms. The Morgan fingerprint density at radius 3 is 2.35 bits per heavy atom. The molecule has 5 rings (SSSR count). The smallest absolute Gasteiger partial charge is 0.255 e. The number of nitrogens with two attached hydrogens (primary N) is 1. The monoisotopic (exact) mass is 606 g/mol. The Morgan fingerprint density at radius 2 is 1.72 bits per heavy atom. The van der Waals surface area contributed by atoms with Crippen LogP contribution < -0.4 is 10.6 Å². The fourth-order valence-corrected chi connectivity index (χ4v) is 7.83. The molecule has 0 radical (unpaired) electrons. The van der Waals surface area contributed by atoms with Crippen LogP contribution in [-0.4, -0.2) is 62.3 Å². The molecule has 3 aliphatic carbocycles. The second kappa shape index (κ2) is 10.7. The minimum atomic E-state index is -2.58. The number of amides is 1. The predicted octanol–water partition coefficient (Wildman–Crippen LogP) is 4.17. The molecule has 3 atom stereocenters. The average molecular weight is 607 g/mol. The van der Waals surface area contributed by atoms with E-state index in [0.717, 1.165) is 16.1 Å². The van der Waals surface area contributed by atoms with Crippen molar-refractivity contribution in [1.29, 1.82) is 0 Å². The summed E-state index contributed by atoms with van der Waals surface area (Å²) in [6.07, 6.45) is 1.10. The van der Waals surface area contributed by atoms with Crippen LogP contribution in [0.5, 0.6) is 5.75 Å². The van der Waals surface area contributed by atoms with E-state index < -0.39 is 52.0 Å². The van der Waals surface area contributed by atoms with E-state index in [-0.39, 0.29) is 40.9 Å². The summed E-state index contributed by atoms with van der Waals surface area (Å²) in [6, 6.07) is 10.0. The Morgan fingerprint density at radius 1 is 1.07 bits per heavy atom. The zero-order valence-corrected chi connectivity index (χ0v) is 25.8. The summed E-state index contributed by atoms with van der Waals surface area (Å²) in [7, 11) is 3.72. The standard InChI is InChI=1S/C33H38N2O7S/c1-32(2,3)43-23-9-7-6-8-16(23)10-11-17-14-21(35(4)5)20-13-18-12-19-15-22(36)26(31(34)41)30(40)33(19,42)29(39)24(18)28(38)25(20)27(17)37/h6-9,14,18-19,37-38,40,42H,10-13,15H2,1-5H3,(H2,34,41)/t18-,19+,33+/m1/s1. The van der Waals surface area contributed by atoms with Crippen LogP contribution in [0.15, 0.2) is 52.1 Å². The van der Waals surface area contributed by atoms with Crippen molar-refractivity contribution < 1.29 is 34.8 Å². The van der Waals surface area contributed by atoms with Gasteiger partial charge in [0.1, 0.15) is 22.8 Å². The van der Waals surface area contributed by atoms with Crippen LogP contribution >= 0.6 is 11.8 Å². The van der Waals surface area contributed by atoms with E-state index >= 15 is 0 Å². The lowest BCUT2D eigenvalue weighted by atomic mass is 9.59. The van der Waals surface area contributed by atoms with E-state index in [4.69, 9.17) is 5.73 Å². The number of aromatic hydroxyl groups is 1. The van der Waals surface area contributed by atoms with Crippen LogP contribution in [0.1, 0.15) is 55.9 Å². The van der Waals surface area contributed by atoms with Crippen LogP contribution in [0.3, 0.4) is 0 Å². The Hall–Kier alpha value is -3.76. The van der Waals surface area contributed by atoms with Crippen LogP contribution in [-0.2, 0) is 33.6 Å². The third kappa shape index (κ3) is 5.10. The van der Waals surface area contributed by atoms with Gasteiger partial charge < -0.3 is 31.1 Å². The summed E-state index contributed by atoms with van der Waals surface area (Å²) in [6.45, 7) is 6.45. The average Bonchev–Trinajstić information content (AvgIpc) is 2.89. The van der Waals surface area contributed by atoms with Crippen molar-refractivity contribution in [3.8, 4) is 5.75 Å². The van der Waals surface area contributed by atoms with Crippen molar-refractivity contribution in [2.45, 2.75) is 68.1 Å². The highest BCUT2D eigenvalue weighted by atomic mass is 32.2. The number of carbonyl (C=O) groups excluding carboxylic acids is 3. The van der Waals surface area contributed by atoms with Gasteiger partial charge in [0, 0.05) is 47.3 Å². The Kier molecular flexibility index (Phi) is 7.67. The maximum atomic E-state index is 13.9. The number of anilines is 1. The number of carbonyl (C=O) groups is 3. The molecule has 10 heteroatoms. The molecule has 1 fully saturated rings. The van der Waals surface area contributed by atoms with E-state index in [9.17, 15) is 34.8 Å². The van der Waals surface area contributed by atoms with Crippen LogP contribution in [0, 0.1) is 11.8 Å². The molecule has 0 spiro atoms. The fourth-order valence-electron chi connectivity index (χ4n) is 6.72. The second-order valence-corrected chi connectivity index (χ2v) is 14.7. The number of ketones is 2. The number of aryl methyl sites for hydroxylation is 2. The number of phenolic OH excluding ortho intramolecular Hbond substituents is 1. The molecule has 2 aromatic carbocycles. The maximum absolute atomic E-state index is 13.9. The summed E-state index contributed by atoms with van der Waals surface area (Å²) >= 11 is 1.77. The van der Waals surface area contributed by atoms with Crippen molar-refractivity contribution >= 4 is 40.7 Å². The number of fused-ring (bicyclic) bond motifs is 3. The Bertz CT molecular complexity index is 1620. The number of thioether (sulfide) groups is 1. The summed E-state index contributed by atoms with van der Waals surface area (Å²) in [5.74, 6) is -6.25. The highest BCUT2D eigenvalue weighted by Crippen LogP contribution is 2.53. The number of hydrogen-bond donors (Lipinski definition) is 5. The highest BCUT2D eigenvalue weighted by molar-refractivity contribution is 8.00. The van der Waals surface area contributed by atoms with Crippen molar-refractivity contribution in [3.63, 3.8) is 0 Å². The number of primary amides is 1. The third-order valence-corrected chi connectivity index (χ3v) is 9.88. The number of phenols is 1. The normalized spacial score (nSPS) is 23.6. The molecule has 0 saturated heterocycles. The minimum Gasteiger partial charge on any atom is -0.508 e. The molecule has 1 amide bonds. The van der Waals surface area contributed by atoms with Gasteiger partial charge in [-0.25, -0.2) is 0 Å². The van der Waals surface area contributed by atoms with E-state index in [1.807, 2.05) is 37.2 Å². The van der Waals surface area contributed by atoms with Gasteiger partial charge in [-0.3, -0.25) is 14.4 Å². The van der Waals surface area contributed by atoms with Gasteiger partial charge in [0.2, 0.25) is 5.78 Å². The van der Waals surface area contributed by atoms with Gasteiger partial charge >= 0.3 is 0 Å². The number of hydrogen-bond acceptors (Lipinski definition) is 9. The van der Waals surface area contributed by atoms with Gasteiger partial charge in [0.15, 0.2) is 11.4 Å². The summed E-state index contributed by atoms with van der Waals surface area (Å²) in [4.78, 5) is 41.4. The van der Waals surface area contributed by atoms with Crippen LogP contribution in [0.25, 0.3) is 5.76 Å². The number of aliphatic hydroxyl groups is 3. The van der Waals surface area contributed by atoms with Gasteiger partial charge in [0.05, 0.1) is 5.56 Å². The largest absolute Gasteiger partial charge is 0.508 e. The molecule has 0 heterocycles. The number of benzene rings is 2. The second-order valence-electron chi connectivity index (χ2n) is 12.9. The van der Waals surface area contributed by atoms with Crippen LogP contribution in [0.2, 0.25) is 0 Å². The quantitative estimate of drug-likeness (QED) is 0.240. The topological polar surface area (TPSA) is 161 Å². The van der Waals surface area contributed by atoms with E-state index in [2.05, 4.69) is 32.9 Å². The SMILES string of the molecule is CN(C)c1cc(CCc2ccccc2SC(C)(C)C)c(O)c2c1C[C@H]1C[C@H]3CC(=O)C(C(N)=O)=C(O)[C@@]3(O)C(=O)C1=C2O. The number of nitrogens with zero attached hydrogens (tertiary/aromatic N) is 1. The summed E-state index contributed by atoms with van der Waals surface area (Å²) < 4.78 is 0.0136. The van der Waals surface area contributed by atoms with Gasteiger partial charge in [-0.1, -0.05) is 39.0 Å². The minimum absolute atomic E-state index is 0.0136. The molecule has 228 valence electrons. The third-order valence-electron chi connectivity index (χ3n) is 8.65. The maximum Gasteiger partial charge on any atom is 0.255 e. The summed E-state index contributed by atoms with van der Waals surface area (Å²) in [5.41, 5.74) is 5.03. The van der Waals surface area contributed by atoms with Gasteiger partial charge in [-0.05, 0) is 60.4 Å². The lowest BCUT2D eigenvalue weighted by Gasteiger charge is -2.46. The van der Waals surface area contributed by atoms with E-state index in [0.29, 0.717) is 24.0 Å². The molecule has 6 N–H and O–H groups in total. The first-order valence-corrected chi connectivity index (χ1v) is 15.2. The molecule has 0 aromatic heterocycles. The lowest BCUT2D eigenvalue weighted by Crippen LogP contribution is -2.58. The molecular formula is C33H38N2O7S. The number of rotatable bonds is 6. The fraction of sp³-hybridized carbons (Fsp3) is 0.424. The van der Waals surface area contributed by atoms with E-state index in [1.165, 1.54) is 0 Å². The molecule has 9 nitrogen and oxygen atoms in total. The molecule has 1 saturated carbocycles. The molecule has 2 aromatic rings. The molecule has 3 aliphatic rings. The zero-order valence-electron chi connectivity index (χ0n) is 25.0. The first kappa shape index (κ1) is 30.7. The zero-order chi connectivity index (χ0) is 31.6. The molecule has 0 unspecified atom stereocenters. The van der Waals surface area contributed by atoms with Gasteiger partial charge in [-0.2, -0.15) is 0 Å². The predicted molar refractivity (Wildman–Crippen MR) is 165 cm³/mol. The number of Topliss-reactive ketones (excluding diaryl/α,β-unsaturated/α-hetero) is 2. The van der Waals surface area contributed by atoms with Crippen molar-refractivity contribution in [2.75, 3.05) is 19.0 Å². The van der Waals surface area contributed by atoms with Crippen molar-refractivity contribution in [2.24, 2.45) is 17.6 Å². The highest BCUT2D eigenvalue weighted by Gasteiger charge is 2.60. The summed E-state index contributed by atoms with van der Waals surface area (Å²) in [5, 5.41) is 45.5. The van der Waals surface area contributed by atoms with Crippen molar-refractivity contribution in [1.82, 2.24) is 0 Å². The van der Waals surface area contributed by atoms with Crippen molar-refractivity contribution in [3.05, 3.63) is 69.5 Å². The lowest BCUT2D eigenvalue weighted by molar-refractivity contribution is -0.147. The van der Waals surface area contributed by atoms with E-state index in [1.54, 1.807) is 11.8 Å². The molecular weight excluding hydrogens is 568 g/mol. The Labute approximate surface area is 255 Å². The van der Waals surface area contributed by atoms with Gasteiger partial charge in [-0.15, -0.1) is 11.8 Å². The number of aliphatic hydroxyl groups excluding tert-OH is 2.